The largest absolute Gasteiger partial charge is 0.481 e. The molecule has 0 spiro atoms. The van der Waals surface area contributed by atoms with Gasteiger partial charge in [-0.05, 0) is 45.3 Å². The first-order valence-electron chi connectivity index (χ1n) is 18.6. The Balaban J connectivity index is 3.71. The van der Waals surface area contributed by atoms with E-state index in [-0.39, 0.29) is 0 Å². The van der Waals surface area contributed by atoms with Gasteiger partial charge in [0.25, 0.3) is 0 Å². The first-order valence-corrected chi connectivity index (χ1v) is 18.6. The van der Waals surface area contributed by atoms with E-state index >= 15 is 0 Å². The average Bonchev–Trinajstić information content (AvgIpc) is 2.95. The van der Waals surface area contributed by atoms with Crippen LogP contribution in [0.1, 0.15) is 213 Å². The molecule has 240 valence electrons. The summed E-state index contributed by atoms with van der Waals surface area (Å²) in [5.74, 6) is -0.648. The van der Waals surface area contributed by atoms with Gasteiger partial charge in [0, 0.05) is 6.42 Å². The molecule has 3 heteroatoms. The zero-order valence-electron chi connectivity index (χ0n) is 27.8. The van der Waals surface area contributed by atoms with Crippen molar-refractivity contribution >= 4 is 5.97 Å². The van der Waals surface area contributed by atoms with Crippen LogP contribution < -0.4 is 0 Å². The normalized spacial score (nSPS) is 11.6. The van der Waals surface area contributed by atoms with E-state index in [4.69, 9.17) is 5.11 Å². The zero-order chi connectivity index (χ0) is 29.2. The number of rotatable bonds is 35. The molecule has 0 unspecified atom stereocenters. The molecule has 0 aliphatic rings. The third-order valence-corrected chi connectivity index (χ3v) is 8.77. The van der Waals surface area contributed by atoms with Gasteiger partial charge in [0.05, 0.1) is 0 Å². The Morgan fingerprint density at radius 1 is 0.375 bits per heavy atom. The maximum Gasteiger partial charge on any atom is 0.303 e. The van der Waals surface area contributed by atoms with Crippen LogP contribution in [0.2, 0.25) is 0 Å². The van der Waals surface area contributed by atoms with Gasteiger partial charge in [-0.2, -0.15) is 0 Å². The highest BCUT2D eigenvalue weighted by Crippen LogP contribution is 2.15. The molecule has 0 bridgehead atoms. The Labute approximate surface area is 253 Å². The molecule has 0 heterocycles. The van der Waals surface area contributed by atoms with Crippen LogP contribution in [-0.2, 0) is 4.79 Å². The van der Waals surface area contributed by atoms with Gasteiger partial charge in [-0.1, -0.05) is 181 Å². The molecule has 0 aromatic carbocycles. The smallest absolute Gasteiger partial charge is 0.303 e. The van der Waals surface area contributed by atoms with E-state index in [1.54, 1.807) is 0 Å². The van der Waals surface area contributed by atoms with Crippen LogP contribution in [0.25, 0.3) is 0 Å². The minimum absolute atomic E-state index is 0.325. The Bertz CT molecular complexity index is 449. The lowest BCUT2D eigenvalue weighted by Gasteiger charge is -2.22. The van der Waals surface area contributed by atoms with Crippen molar-refractivity contribution in [3.05, 3.63) is 0 Å². The summed E-state index contributed by atoms with van der Waals surface area (Å²) >= 11 is 0. The van der Waals surface area contributed by atoms with Gasteiger partial charge in [0.1, 0.15) is 0 Å². The van der Waals surface area contributed by atoms with Crippen LogP contribution in [0.3, 0.4) is 0 Å². The van der Waals surface area contributed by atoms with Crippen LogP contribution in [0.4, 0.5) is 0 Å². The number of unbranched alkanes of at least 4 members (excludes halogenated alkanes) is 27. The highest BCUT2D eigenvalue weighted by Gasteiger charge is 2.06. The number of nitrogens with zero attached hydrogens (tertiary/aromatic N) is 1. The van der Waals surface area contributed by atoms with Crippen LogP contribution in [0.5, 0.6) is 0 Å². The molecular weight excluding hydrogens is 490 g/mol. The van der Waals surface area contributed by atoms with Crippen molar-refractivity contribution in [1.29, 1.82) is 0 Å². The quantitative estimate of drug-likeness (QED) is 0.0777. The highest BCUT2D eigenvalue weighted by molar-refractivity contribution is 5.66. The number of carboxylic acids is 1. The summed E-state index contributed by atoms with van der Waals surface area (Å²) in [6.07, 6.45) is 41.8. The maximum absolute atomic E-state index is 10.9. The first-order chi connectivity index (χ1) is 19.7. The molecule has 0 aromatic heterocycles. The van der Waals surface area contributed by atoms with Crippen molar-refractivity contribution in [3.63, 3.8) is 0 Å². The number of carboxylic acid groups (broad SMARTS) is 1. The molecule has 0 aliphatic carbocycles. The molecule has 0 saturated heterocycles. The summed E-state index contributed by atoms with van der Waals surface area (Å²) in [6.45, 7) is 8.10. The maximum atomic E-state index is 10.9. The van der Waals surface area contributed by atoms with E-state index in [2.05, 4.69) is 18.7 Å². The van der Waals surface area contributed by atoms with Gasteiger partial charge >= 0.3 is 5.97 Å². The summed E-state index contributed by atoms with van der Waals surface area (Å²) in [5, 5.41) is 8.95. The van der Waals surface area contributed by atoms with Crippen molar-refractivity contribution < 1.29 is 9.90 Å². The van der Waals surface area contributed by atoms with E-state index in [1.807, 2.05) is 0 Å². The van der Waals surface area contributed by atoms with Crippen LogP contribution in [0.15, 0.2) is 0 Å². The van der Waals surface area contributed by atoms with Crippen molar-refractivity contribution in [2.75, 3.05) is 19.6 Å². The molecule has 0 aliphatic heterocycles. The van der Waals surface area contributed by atoms with Crippen molar-refractivity contribution in [2.45, 2.75) is 213 Å². The molecule has 0 fully saturated rings. The minimum Gasteiger partial charge on any atom is -0.481 e. The number of hydrogen-bond donors (Lipinski definition) is 1. The van der Waals surface area contributed by atoms with Gasteiger partial charge in [0.2, 0.25) is 0 Å². The van der Waals surface area contributed by atoms with Crippen LogP contribution in [0, 0.1) is 0 Å². The number of aliphatic carboxylic acids is 1. The van der Waals surface area contributed by atoms with Crippen LogP contribution >= 0.6 is 0 Å². The fourth-order valence-electron chi connectivity index (χ4n) is 6.01. The summed E-state index contributed by atoms with van der Waals surface area (Å²) < 4.78 is 0. The summed E-state index contributed by atoms with van der Waals surface area (Å²) in [5.41, 5.74) is 0. The summed E-state index contributed by atoms with van der Waals surface area (Å²) in [7, 11) is 0. The Morgan fingerprint density at radius 2 is 0.600 bits per heavy atom. The second-order valence-electron chi connectivity index (χ2n) is 12.9. The van der Waals surface area contributed by atoms with Crippen molar-refractivity contribution in [2.24, 2.45) is 0 Å². The third-order valence-electron chi connectivity index (χ3n) is 8.77. The molecule has 0 saturated carbocycles. The Hall–Kier alpha value is -0.570. The molecule has 0 radical (unpaired) electrons. The third kappa shape index (κ3) is 33.6. The molecular formula is C37H75NO2. The van der Waals surface area contributed by atoms with Gasteiger partial charge < -0.3 is 10.0 Å². The van der Waals surface area contributed by atoms with E-state index in [0.717, 1.165) is 19.4 Å². The predicted octanol–water partition coefficient (Wildman–Crippen LogP) is 12.5. The highest BCUT2D eigenvalue weighted by atomic mass is 16.4. The van der Waals surface area contributed by atoms with E-state index < -0.39 is 5.97 Å². The van der Waals surface area contributed by atoms with Gasteiger partial charge in [-0.25, -0.2) is 0 Å². The molecule has 0 rings (SSSR count). The van der Waals surface area contributed by atoms with E-state index in [9.17, 15) is 4.79 Å². The van der Waals surface area contributed by atoms with E-state index in [1.165, 1.54) is 193 Å². The first kappa shape index (κ1) is 39.4. The molecule has 0 aromatic rings. The molecule has 0 amide bonds. The Morgan fingerprint density at radius 3 is 0.850 bits per heavy atom. The molecule has 0 atom stereocenters. The van der Waals surface area contributed by atoms with Crippen LogP contribution in [-0.4, -0.2) is 35.6 Å². The number of hydrogen-bond acceptors (Lipinski definition) is 2. The summed E-state index contributed by atoms with van der Waals surface area (Å²) in [4.78, 5) is 13.5. The second-order valence-corrected chi connectivity index (χ2v) is 12.9. The number of carbonyl (C=O) groups is 1. The minimum atomic E-state index is -0.648. The zero-order valence-corrected chi connectivity index (χ0v) is 27.8. The lowest BCUT2D eigenvalue weighted by molar-refractivity contribution is -0.137. The van der Waals surface area contributed by atoms with Crippen molar-refractivity contribution in [3.8, 4) is 0 Å². The van der Waals surface area contributed by atoms with Crippen molar-refractivity contribution in [1.82, 2.24) is 4.90 Å². The van der Waals surface area contributed by atoms with Gasteiger partial charge in [-0.15, -0.1) is 0 Å². The average molecular weight is 566 g/mol. The topological polar surface area (TPSA) is 40.5 Å². The fourth-order valence-corrected chi connectivity index (χ4v) is 6.01. The molecule has 1 N–H and O–H groups in total. The standard InChI is InChI=1S/C37H75NO2/c1-3-5-7-9-11-13-15-17-19-21-23-25-27-30-34-38(36-32-29-33-37(39)40)35-31-28-26-24-22-20-18-16-14-12-10-8-6-4-2/h3-36H2,1-2H3,(H,39,40). The lowest BCUT2D eigenvalue weighted by atomic mass is 10.0. The lowest BCUT2D eigenvalue weighted by Crippen LogP contribution is -2.27. The van der Waals surface area contributed by atoms with E-state index in [0.29, 0.717) is 6.42 Å². The SMILES string of the molecule is CCCCCCCCCCCCCCCCN(CCCCCCCCCCCCCCCC)CCCCC(=O)O. The van der Waals surface area contributed by atoms with Gasteiger partial charge in [-0.3, -0.25) is 4.79 Å². The fraction of sp³-hybridized carbons (Fsp3) is 0.973. The van der Waals surface area contributed by atoms with Gasteiger partial charge in [0.15, 0.2) is 0 Å². The summed E-state index contributed by atoms with van der Waals surface area (Å²) in [6, 6.07) is 0. The Kier molecular flexibility index (Phi) is 34.1. The molecule has 3 nitrogen and oxygen atoms in total. The predicted molar refractivity (Wildman–Crippen MR) is 179 cm³/mol. The molecule has 40 heavy (non-hydrogen) atoms. The second kappa shape index (κ2) is 34.6. The monoisotopic (exact) mass is 566 g/mol.